The van der Waals surface area contributed by atoms with Crippen molar-refractivity contribution in [1.82, 2.24) is 0 Å². The maximum atomic E-state index is 11.7. The molecule has 0 aromatic rings. The molecule has 0 radical (unpaired) electrons. The zero-order chi connectivity index (χ0) is 11.0. The van der Waals surface area contributed by atoms with Gasteiger partial charge in [-0.3, -0.25) is 9.59 Å². The predicted molar refractivity (Wildman–Crippen MR) is 55.1 cm³/mol. The number of hydrogen-bond donors (Lipinski definition) is 0. The number of Topliss-reactive ketones (excluding diaryl/α,β-unsaturated/α-hetero) is 1. The first kappa shape index (κ1) is 10.7. The van der Waals surface area contributed by atoms with Gasteiger partial charge in [0.05, 0.1) is 6.61 Å². The topological polar surface area (TPSA) is 43.4 Å². The molecule has 0 aliphatic heterocycles. The average Bonchev–Trinajstić information content (AvgIpc) is 2.74. The molecule has 0 N–H and O–H groups in total. The highest BCUT2D eigenvalue weighted by molar-refractivity contribution is 5.98. The van der Waals surface area contributed by atoms with Gasteiger partial charge in [0.1, 0.15) is 11.7 Å². The summed E-state index contributed by atoms with van der Waals surface area (Å²) in [5.74, 6) is 1.02. The van der Waals surface area contributed by atoms with E-state index >= 15 is 0 Å². The number of ketones is 1. The van der Waals surface area contributed by atoms with Crippen molar-refractivity contribution in [2.45, 2.75) is 33.1 Å². The molecule has 0 saturated heterocycles. The van der Waals surface area contributed by atoms with E-state index in [9.17, 15) is 9.59 Å². The normalized spacial score (nSPS) is 34.4. The third-order valence-electron chi connectivity index (χ3n) is 3.73. The summed E-state index contributed by atoms with van der Waals surface area (Å²) in [5, 5.41) is 0. The Morgan fingerprint density at radius 2 is 1.87 bits per heavy atom. The Hall–Kier alpha value is -0.860. The molecule has 15 heavy (non-hydrogen) atoms. The van der Waals surface area contributed by atoms with Crippen molar-refractivity contribution >= 4 is 11.8 Å². The van der Waals surface area contributed by atoms with E-state index in [0.29, 0.717) is 6.61 Å². The number of carbonyl (C=O) groups excluding carboxylic acids is 2. The minimum absolute atomic E-state index is 0.0280. The molecule has 0 bridgehead atoms. The van der Waals surface area contributed by atoms with Crippen LogP contribution in [-0.4, -0.2) is 18.4 Å². The van der Waals surface area contributed by atoms with Gasteiger partial charge in [-0.1, -0.05) is 0 Å². The Labute approximate surface area is 90.2 Å². The van der Waals surface area contributed by atoms with Crippen molar-refractivity contribution in [3.63, 3.8) is 0 Å². The second kappa shape index (κ2) is 3.95. The summed E-state index contributed by atoms with van der Waals surface area (Å²) in [6.07, 6.45) is 3.41. The van der Waals surface area contributed by atoms with Gasteiger partial charge in [0.15, 0.2) is 0 Å². The number of esters is 1. The van der Waals surface area contributed by atoms with E-state index < -0.39 is 5.92 Å². The highest BCUT2D eigenvalue weighted by atomic mass is 16.5. The van der Waals surface area contributed by atoms with Crippen molar-refractivity contribution in [2.24, 2.45) is 23.7 Å². The van der Waals surface area contributed by atoms with Gasteiger partial charge in [-0.25, -0.2) is 0 Å². The summed E-state index contributed by atoms with van der Waals surface area (Å²) in [5.41, 5.74) is 0. The van der Waals surface area contributed by atoms with E-state index in [1.807, 2.05) is 0 Å². The van der Waals surface area contributed by atoms with Crippen LogP contribution in [0.5, 0.6) is 0 Å². The van der Waals surface area contributed by atoms with E-state index in [4.69, 9.17) is 4.74 Å². The van der Waals surface area contributed by atoms with E-state index in [1.165, 1.54) is 13.3 Å². The molecule has 2 fully saturated rings. The van der Waals surface area contributed by atoms with Crippen molar-refractivity contribution < 1.29 is 14.3 Å². The van der Waals surface area contributed by atoms with Crippen LogP contribution in [0.1, 0.15) is 33.1 Å². The number of hydrogen-bond acceptors (Lipinski definition) is 3. The van der Waals surface area contributed by atoms with Crippen LogP contribution >= 0.6 is 0 Å². The minimum Gasteiger partial charge on any atom is -0.465 e. The zero-order valence-electron chi connectivity index (χ0n) is 9.36. The van der Waals surface area contributed by atoms with Crippen LogP contribution in [-0.2, 0) is 14.3 Å². The quantitative estimate of drug-likeness (QED) is 0.525. The molecule has 0 spiro atoms. The zero-order valence-corrected chi connectivity index (χ0v) is 9.36. The van der Waals surface area contributed by atoms with Gasteiger partial charge in [-0.2, -0.15) is 0 Å². The Balaban J connectivity index is 1.99. The van der Waals surface area contributed by atoms with Crippen LogP contribution in [0, 0.1) is 23.7 Å². The van der Waals surface area contributed by atoms with Crippen LogP contribution in [0.3, 0.4) is 0 Å². The lowest BCUT2D eigenvalue weighted by atomic mass is 9.85. The molecule has 1 unspecified atom stereocenters. The standard InChI is InChI=1S/C12H18O3/c1-3-15-12(14)11(7(2)13)10-5-8-4-9(8)6-10/h8-11H,3-6H2,1-2H3/t8-,9+,10-,11?. The molecule has 2 saturated carbocycles. The third-order valence-corrected chi connectivity index (χ3v) is 3.73. The smallest absolute Gasteiger partial charge is 0.316 e. The van der Waals surface area contributed by atoms with Crippen LogP contribution < -0.4 is 0 Å². The maximum Gasteiger partial charge on any atom is 0.316 e. The fourth-order valence-electron chi connectivity index (χ4n) is 2.96. The Bertz CT molecular complexity index is 275. The summed E-state index contributed by atoms with van der Waals surface area (Å²) in [6, 6.07) is 0. The van der Waals surface area contributed by atoms with E-state index in [1.54, 1.807) is 6.92 Å². The predicted octanol–water partition coefficient (Wildman–Crippen LogP) is 1.80. The molecule has 0 aromatic carbocycles. The lowest BCUT2D eigenvalue weighted by Crippen LogP contribution is -2.31. The second-order valence-corrected chi connectivity index (χ2v) is 4.83. The van der Waals surface area contributed by atoms with Crippen molar-refractivity contribution in [3.05, 3.63) is 0 Å². The molecule has 3 nitrogen and oxygen atoms in total. The average molecular weight is 210 g/mol. The molecule has 2 aliphatic rings. The SMILES string of the molecule is CCOC(=O)C(C(C)=O)[C@H]1C[C@@H]2C[C@@H]2C1. The first-order chi connectivity index (χ1) is 7.13. The molecule has 0 amide bonds. The van der Waals surface area contributed by atoms with Crippen LogP contribution in [0.4, 0.5) is 0 Å². The largest absolute Gasteiger partial charge is 0.465 e. The van der Waals surface area contributed by atoms with Crippen LogP contribution in [0.2, 0.25) is 0 Å². The Morgan fingerprint density at radius 3 is 2.33 bits per heavy atom. The molecular formula is C12H18O3. The van der Waals surface area contributed by atoms with Crippen molar-refractivity contribution in [1.29, 1.82) is 0 Å². The van der Waals surface area contributed by atoms with Crippen molar-refractivity contribution in [3.8, 4) is 0 Å². The highest BCUT2D eigenvalue weighted by Crippen LogP contribution is 2.56. The number of rotatable bonds is 4. The van der Waals surface area contributed by atoms with E-state index in [-0.39, 0.29) is 17.7 Å². The number of fused-ring (bicyclic) bond motifs is 1. The van der Waals surface area contributed by atoms with E-state index in [2.05, 4.69) is 0 Å². The van der Waals surface area contributed by atoms with Crippen LogP contribution in [0.15, 0.2) is 0 Å². The maximum absolute atomic E-state index is 11.7. The number of ether oxygens (including phenoxy) is 1. The lowest BCUT2D eigenvalue weighted by Gasteiger charge is -2.20. The summed E-state index contributed by atoms with van der Waals surface area (Å²) in [6.45, 7) is 3.65. The summed E-state index contributed by atoms with van der Waals surface area (Å²) in [4.78, 5) is 23.1. The monoisotopic (exact) mass is 210 g/mol. The van der Waals surface area contributed by atoms with Gasteiger partial charge in [0.25, 0.3) is 0 Å². The molecule has 2 rings (SSSR count). The van der Waals surface area contributed by atoms with Crippen LogP contribution in [0.25, 0.3) is 0 Å². The summed E-state index contributed by atoms with van der Waals surface area (Å²) < 4.78 is 4.97. The van der Waals surface area contributed by atoms with Gasteiger partial charge < -0.3 is 4.74 Å². The van der Waals surface area contributed by atoms with E-state index in [0.717, 1.165) is 24.7 Å². The molecule has 2 aliphatic carbocycles. The molecule has 4 atom stereocenters. The van der Waals surface area contributed by atoms with Gasteiger partial charge in [0, 0.05) is 0 Å². The number of carbonyl (C=O) groups is 2. The van der Waals surface area contributed by atoms with Gasteiger partial charge >= 0.3 is 5.97 Å². The molecule has 84 valence electrons. The van der Waals surface area contributed by atoms with Gasteiger partial charge in [0.2, 0.25) is 0 Å². The first-order valence-electron chi connectivity index (χ1n) is 5.80. The summed E-state index contributed by atoms with van der Waals surface area (Å²) >= 11 is 0. The Kier molecular flexibility index (Phi) is 2.81. The first-order valence-corrected chi connectivity index (χ1v) is 5.80. The van der Waals surface area contributed by atoms with Gasteiger partial charge in [-0.15, -0.1) is 0 Å². The van der Waals surface area contributed by atoms with Gasteiger partial charge in [-0.05, 0) is 50.9 Å². The lowest BCUT2D eigenvalue weighted by molar-refractivity contribution is -0.153. The third kappa shape index (κ3) is 2.06. The molecule has 0 aromatic heterocycles. The summed E-state index contributed by atoms with van der Waals surface area (Å²) in [7, 11) is 0. The molecular weight excluding hydrogens is 192 g/mol. The Morgan fingerprint density at radius 1 is 1.27 bits per heavy atom. The molecule has 3 heteroatoms. The minimum atomic E-state index is -0.488. The molecule has 0 heterocycles. The highest BCUT2D eigenvalue weighted by Gasteiger charge is 2.50. The van der Waals surface area contributed by atoms with Crippen molar-refractivity contribution in [2.75, 3.05) is 6.61 Å². The fraction of sp³-hybridized carbons (Fsp3) is 0.833. The fourth-order valence-corrected chi connectivity index (χ4v) is 2.96. The second-order valence-electron chi connectivity index (χ2n) is 4.83.